The molecule has 2 bridgehead atoms. The fraction of sp³-hybridized carbons (Fsp3) is 0.562. The molecule has 0 N–H and O–H groups in total. The maximum absolute atomic E-state index is 12.2. The molecule has 0 saturated heterocycles. The van der Waals surface area contributed by atoms with E-state index in [1.165, 1.54) is 18.4 Å². The van der Waals surface area contributed by atoms with E-state index in [9.17, 15) is 4.79 Å². The number of ketones is 1. The fourth-order valence-electron chi connectivity index (χ4n) is 4.04. The molecule has 2 unspecified atom stereocenters. The fourth-order valence-corrected chi connectivity index (χ4v) is 4.04. The molecular formula is C16H20O. The van der Waals surface area contributed by atoms with Gasteiger partial charge in [0.05, 0.1) is 0 Å². The maximum atomic E-state index is 12.2. The lowest BCUT2D eigenvalue weighted by atomic mass is 9.67. The number of carbonyl (C=O) groups is 1. The normalized spacial score (nSPS) is 36.2. The average molecular weight is 228 g/mol. The molecule has 3 rings (SSSR count). The number of Topliss-reactive ketones (excluding diaryl/α,β-unsaturated/α-hetero) is 1. The SMILES string of the molecule is CC12CCCC(Cc3ccccc3)(CC1=O)C2. The molecule has 17 heavy (non-hydrogen) atoms. The van der Waals surface area contributed by atoms with Gasteiger partial charge in [-0.2, -0.15) is 0 Å². The summed E-state index contributed by atoms with van der Waals surface area (Å²) >= 11 is 0. The Morgan fingerprint density at radius 1 is 1.18 bits per heavy atom. The molecule has 0 heterocycles. The van der Waals surface area contributed by atoms with Crippen LogP contribution in [0.25, 0.3) is 0 Å². The second-order valence-corrected chi connectivity index (χ2v) is 6.35. The van der Waals surface area contributed by atoms with E-state index in [4.69, 9.17) is 0 Å². The molecule has 2 atom stereocenters. The Bertz CT molecular complexity index is 436. The summed E-state index contributed by atoms with van der Waals surface area (Å²) in [6, 6.07) is 10.7. The van der Waals surface area contributed by atoms with Crippen molar-refractivity contribution in [1.29, 1.82) is 0 Å². The predicted molar refractivity (Wildman–Crippen MR) is 68.8 cm³/mol. The summed E-state index contributed by atoms with van der Waals surface area (Å²) in [7, 11) is 0. The Kier molecular flexibility index (Phi) is 2.39. The lowest BCUT2D eigenvalue weighted by Crippen LogP contribution is -2.28. The van der Waals surface area contributed by atoms with Crippen molar-refractivity contribution in [1.82, 2.24) is 0 Å². The van der Waals surface area contributed by atoms with Gasteiger partial charge in [-0.25, -0.2) is 0 Å². The van der Waals surface area contributed by atoms with Gasteiger partial charge in [0, 0.05) is 11.8 Å². The Hall–Kier alpha value is -1.11. The highest BCUT2D eigenvalue weighted by Crippen LogP contribution is 2.57. The standard InChI is InChI=1S/C16H20O/c1-15-8-5-9-16(12-15,11-14(15)17)10-13-6-3-2-4-7-13/h2-4,6-7H,5,8-12H2,1H3. The Labute approximate surface area is 103 Å². The minimum Gasteiger partial charge on any atom is -0.299 e. The van der Waals surface area contributed by atoms with Crippen LogP contribution < -0.4 is 0 Å². The zero-order valence-corrected chi connectivity index (χ0v) is 10.5. The molecule has 1 aromatic carbocycles. The first-order valence-electron chi connectivity index (χ1n) is 6.69. The van der Waals surface area contributed by atoms with Gasteiger partial charge >= 0.3 is 0 Å². The molecular weight excluding hydrogens is 208 g/mol. The van der Waals surface area contributed by atoms with Gasteiger partial charge < -0.3 is 0 Å². The smallest absolute Gasteiger partial charge is 0.139 e. The summed E-state index contributed by atoms with van der Waals surface area (Å²) in [5, 5.41) is 0. The number of fused-ring (bicyclic) bond motifs is 2. The number of hydrogen-bond donors (Lipinski definition) is 0. The van der Waals surface area contributed by atoms with Crippen LogP contribution in [-0.4, -0.2) is 5.78 Å². The highest BCUT2D eigenvalue weighted by atomic mass is 16.1. The van der Waals surface area contributed by atoms with Gasteiger partial charge in [-0.15, -0.1) is 0 Å². The summed E-state index contributed by atoms with van der Waals surface area (Å²) in [6.07, 6.45) is 6.61. The first-order valence-corrected chi connectivity index (χ1v) is 6.69. The maximum Gasteiger partial charge on any atom is 0.139 e. The molecule has 2 fully saturated rings. The van der Waals surface area contributed by atoms with Crippen LogP contribution in [0.15, 0.2) is 30.3 Å². The Morgan fingerprint density at radius 2 is 1.94 bits per heavy atom. The average Bonchev–Trinajstić information content (AvgIpc) is 2.46. The van der Waals surface area contributed by atoms with E-state index in [0.717, 1.165) is 25.7 Å². The van der Waals surface area contributed by atoms with Gasteiger partial charge in [-0.05, 0) is 36.7 Å². The number of rotatable bonds is 2. The molecule has 0 aliphatic heterocycles. The summed E-state index contributed by atoms with van der Waals surface area (Å²) in [5.41, 5.74) is 1.69. The lowest BCUT2D eigenvalue weighted by molar-refractivity contribution is -0.125. The van der Waals surface area contributed by atoms with Crippen LogP contribution in [-0.2, 0) is 11.2 Å². The zero-order valence-electron chi connectivity index (χ0n) is 10.5. The molecule has 0 spiro atoms. The van der Waals surface area contributed by atoms with E-state index in [0.29, 0.717) is 5.78 Å². The molecule has 0 aromatic heterocycles. The molecule has 1 heteroatoms. The third kappa shape index (κ3) is 1.82. The number of benzene rings is 1. The van der Waals surface area contributed by atoms with Crippen molar-refractivity contribution in [3.63, 3.8) is 0 Å². The monoisotopic (exact) mass is 228 g/mol. The van der Waals surface area contributed by atoms with Crippen molar-refractivity contribution < 1.29 is 4.79 Å². The first kappa shape index (κ1) is 11.0. The summed E-state index contributed by atoms with van der Waals surface area (Å²) in [5.74, 6) is 0.519. The lowest BCUT2D eigenvalue weighted by Gasteiger charge is -2.36. The molecule has 90 valence electrons. The van der Waals surface area contributed by atoms with Gasteiger partial charge in [-0.1, -0.05) is 43.7 Å². The van der Waals surface area contributed by atoms with E-state index in [-0.39, 0.29) is 10.8 Å². The van der Waals surface area contributed by atoms with E-state index < -0.39 is 0 Å². The summed E-state index contributed by atoms with van der Waals surface area (Å²) in [6.45, 7) is 2.18. The predicted octanol–water partition coefficient (Wildman–Crippen LogP) is 3.77. The molecule has 2 aliphatic rings. The third-order valence-electron chi connectivity index (χ3n) is 4.83. The Morgan fingerprint density at radius 3 is 2.71 bits per heavy atom. The van der Waals surface area contributed by atoms with Crippen molar-refractivity contribution in [2.45, 2.75) is 45.4 Å². The van der Waals surface area contributed by atoms with Crippen molar-refractivity contribution in [3.05, 3.63) is 35.9 Å². The van der Waals surface area contributed by atoms with Crippen LogP contribution in [0.1, 0.15) is 44.6 Å². The van der Waals surface area contributed by atoms with Crippen molar-refractivity contribution in [2.75, 3.05) is 0 Å². The minimum absolute atomic E-state index is 0.00697. The highest BCUT2D eigenvalue weighted by molar-refractivity contribution is 5.88. The van der Waals surface area contributed by atoms with Crippen LogP contribution in [0.2, 0.25) is 0 Å². The molecule has 2 saturated carbocycles. The molecule has 2 aliphatic carbocycles. The van der Waals surface area contributed by atoms with Crippen LogP contribution in [0.3, 0.4) is 0 Å². The Balaban J connectivity index is 1.86. The van der Waals surface area contributed by atoms with Gasteiger partial charge in [0.1, 0.15) is 5.78 Å². The molecule has 1 nitrogen and oxygen atoms in total. The summed E-state index contributed by atoms with van der Waals surface area (Å²) < 4.78 is 0. The van der Waals surface area contributed by atoms with Crippen molar-refractivity contribution >= 4 is 5.78 Å². The van der Waals surface area contributed by atoms with E-state index in [1.54, 1.807) is 0 Å². The summed E-state index contributed by atoms with van der Waals surface area (Å²) in [4.78, 5) is 12.2. The quantitative estimate of drug-likeness (QED) is 0.753. The second kappa shape index (κ2) is 3.69. The van der Waals surface area contributed by atoms with Crippen LogP contribution in [0, 0.1) is 10.8 Å². The van der Waals surface area contributed by atoms with Gasteiger partial charge in [0.15, 0.2) is 0 Å². The van der Waals surface area contributed by atoms with Crippen LogP contribution in [0.5, 0.6) is 0 Å². The molecule has 1 aromatic rings. The van der Waals surface area contributed by atoms with Gasteiger partial charge in [-0.3, -0.25) is 4.79 Å². The van der Waals surface area contributed by atoms with Gasteiger partial charge in [0.2, 0.25) is 0 Å². The van der Waals surface area contributed by atoms with E-state index >= 15 is 0 Å². The number of hydrogen-bond acceptors (Lipinski definition) is 1. The topological polar surface area (TPSA) is 17.1 Å². The van der Waals surface area contributed by atoms with Crippen molar-refractivity contribution in [3.8, 4) is 0 Å². The second-order valence-electron chi connectivity index (χ2n) is 6.35. The highest BCUT2D eigenvalue weighted by Gasteiger charge is 2.53. The van der Waals surface area contributed by atoms with E-state index in [2.05, 4.69) is 37.3 Å². The van der Waals surface area contributed by atoms with E-state index in [1.807, 2.05) is 0 Å². The molecule has 0 radical (unpaired) electrons. The van der Waals surface area contributed by atoms with Crippen LogP contribution in [0.4, 0.5) is 0 Å². The third-order valence-corrected chi connectivity index (χ3v) is 4.83. The largest absolute Gasteiger partial charge is 0.299 e. The van der Waals surface area contributed by atoms with Crippen molar-refractivity contribution in [2.24, 2.45) is 10.8 Å². The molecule has 0 amide bonds. The zero-order chi connectivity index (χ0) is 11.9. The minimum atomic E-state index is 0.00697. The van der Waals surface area contributed by atoms with Gasteiger partial charge in [0.25, 0.3) is 0 Å². The first-order chi connectivity index (χ1) is 8.12. The van der Waals surface area contributed by atoms with Crippen LogP contribution >= 0.6 is 0 Å². The number of carbonyl (C=O) groups excluding carboxylic acids is 1.